The van der Waals surface area contributed by atoms with Crippen molar-refractivity contribution in [2.75, 3.05) is 0 Å². The van der Waals surface area contributed by atoms with E-state index in [-0.39, 0.29) is 24.6 Å². The molecule has 0 aliphatic heterocycles. The van der Waals surface area contributed by atoms with Crippen LogP contribution in [0.15, 0.2) is 22.7 Å². The number of hydrogen-bond acceptors (Lipinski definition) is 2. The predicted octanol–water partition coefficient (Wildman–Crippen LogP) is 3.92. The average Bonchev–Trinajstić information content (AvgIpc) is 2.66. The van der Waals surface area contributed by atoms with Gasteiger partial charge in [-0.15, -0.1) is 0 Å². The number of nitrogens with two attached hydrogens (primary N) is 1. The molecule has 1 aromatic carbocycles. The first-order valence-electron chi connectivity index (χ1n) is 6.20. The van der Waals surface area contributed by atoms with Crippen LogP contribution in [0.5, 0.6) is 0 Å². The molecule has 0 aromatic heterocycles. The van der Waals surface area contributed by atoms with Gasteiger partial charge in [-0.05, 0) is 30.9 Å². The Hall–Kier alpha value is -0.590. The minimum atomic E-state index is -2.58. The monoisotopic (exact) mass is 336 g/mol. The van der Waals surface area contributed by atoms with Crippen molar-refractivity contribution >= 4 is 15.9 Å². The van der Waals surface area contributed by atoms with E-state index in [1.165, 1.54) is 6.07 Å². The van der Waals surface area contributed by atoms with Crippen molar-refractivity contribution in [2.45, 2.75) is 37.6 Å². The highest BCUT2D eigenvalue weighted by molar-refractivity contribution is 9.10. The summed E-state index contributed by atoms with van der Waals surface area (Å²) in [5, 5.41) is 0. The lowest BCUT2D eigenvalue weighted by Crippen LogP contribution is -2.30. The molecule has 2 unspecified atom stereocenters. The van der Waals surface area contributed by atoms with E-state index in [0.29, 0.717) is 22.9 Å². The third-order valence-corrected chi connectivity index (χ3v) is 4.11. The Labute approximate surface area is 118 Å². The molecule has 3 N–H and O–H groups in total. The molecule has 1 aliphatic rings. The molecule has 2 atom stereocenters. The van der Waals surface area contributed by atoms with Crippen molar-refractivity contribution in [3.8, 4) is 0 Å². The Morgan fingerprint density at radius 3 is 2.74 bits per heavy atom. The highest BCUT2D eigenvalue weighted by Gasteiger charge is 2.40. The Bertz CT molecular complexity index is 454. The Morgan fingerprint density at radius 2 is 2.21 bits per heavy atom. The first-order valence-corrected chi connectivity index (χ1v) is 6.99. The number of halogens is 4. The smallest absolute Gasteiger partial charge is 0.248 e. The van der Waals surface area contributed by atoms with Crippen molar-refractivity contribution in [3.63, 3.8) is 0 Å². The molecule has 106 valence electrons. The van der Waals surface area contributed by atoms with Gasteiger partial charge in [-0.2, -0.15) is 0 Å². The van der Waals surface area contributed by atoms with Gasteiger partial charge in [-0.25, -0.2) is 13.2 Å². The molecule has 0 amide bonds. The van der Waals surface area contributed by atoms with Gasteiger partial charge in [0, 0.05) is 28.9 Å². The molecular formula is C13H16BrF3N2. The number of hydrazine groups is 1. The van der Waals surface area contributed by atoms with E-state index in [9.17, 15) is 13.2 Å². The fourth-order valence-corrected chi connectivity index (χ4v) is 2.98. The maximum absolute atomic E-state index is 13.8. The summed E-state index contributed by atoms with van der Waals surface area (Å²) < 4.78 is 40.8. The zero-order chi connectivity index (χ0) is 14.0. The summed E-state index contributed by atoms with van der Waals surface area (Å²) in [5.41, 5.74) is 2.95. The van der Waals surface area contributed by atoms with E-state index in [0.717, 1.165) is 0 Å². The van der Waals surface area contributed by atoms with Crippen molar-refractivity contribution in [1.82, 2.24) is 5.43 Å². The van der Waals surface area contributed by atoms with Crippen molar-refractivity contribution in [1.29, 1.82) is 0 Å². The summed E-state index contributed by atoms with van der Waals surface area (Å²) in [4.78, 5) is 0. The van der Waals surface area contributed by atoms with Gasteiger partial charge in [0.1, 0.15) is 5.82 Å². The van der Waals surface area contributed by atoms with Crippen molar-refractivity contribution < 1.29 is 13.2 Å². The summed E-state index contributed by atoms with van der Waals surface area (Å²) in [6.45, 7) is 0. The minimum Gasteiger partial charge on any atom is -0.271 e. The average molecular weight is 337 g/mol. The van der Waals surface area contributed by atoms with E-state index in [1.807, 2.05) is 0 Å². The molecule has 19 heavy (non-hydrogen) atoms. The Kier molecular flexibility index (Phi) is 4.53. The molecule has 0 bridgehead atoms. The Balaban J connectivity index is 2.08. The highest BCUT2D eigenvalue weighted by Crippen LogP contribution is 2.42. The summed E-state index contributed by atoms with van der Waals surface area (Å²) in [5.74, 6) is 2.35. The molecule has 1 aliphatic carbocycles. The lowest BCUT2D eigenvalue weighted by atomic mass is 9.93. The second-order valence-electron chi connectivity index (χ2n) is 5.09. The molecule has 0 radical (unpaired) electrons. The highest BCUT2D eigenvalue weighted by atomic mass is 79.9. The summed E-state index contributed by atoms with van der Waals surface area (Å²) in [7, 11) is 0. The van der Waals surface area contributed by atoms with Crippen LogP contribution in [-0.2, 0) is 0 Å². The van der Waals surface area contributed by atoms with E-state index in [1.54, 1.807) is 12.1 Å². The van der Waals surface area contributed by atoms with Crippen molar-refractivity contribution in [3.05, 3.63) is 34.1 Å². The number of rotatable bonds is 4. The minimum absolute atomic E-state index is 0.0855. The first-order chi connectivity index (χ1) is 8.91. The summed E-state index contributed by atoms with van der Waals surface area (Å²) >= 11 is 3.18. The van der Waals surface area contributed by atoms with Gasteiger partial charge in [0.25, 0.3) is 0 Å². The molecule has 2 nitrogen and oxygen atoms in total. The van der Waals surface area contributed by atoms with Gasteiger partial charge in [0.2, 0.25) is 5.92 Å². The van der Waals surface area contributed by atoms with Crippen LogP contribution in [0.25, 0.3) is 0 Å². The van der Waals surface area contributed by atoms with Crippen LogP contribution < -0.4 is 11.3 Å². The molecule has 1 saturated carbocycles. The molecule has 2 rings (SSSR count). The number of benzene rings is 1. The molecule has 1 fully saturated rings. The lowest BCUT2D eigenvalue weighted by molar-refractivity contribution is 0.00429. The van der Waals surface area contributed by atoms with E-state index in [2.05, 4.69) is 21.4 Å². The van der Waals surface area contributed by atoms with E-state index >= 15 is 0 Å². The van der Waals surface area contributed by atoms with Gasteiger partial charge in [0.05, 0.1) is 0 Å². The van der Waals surface area contributed by atoms with Gasteiger partial charge in [0.15, 0.2) is 0 Å². The number of hydrogen-bond donors (Lipinski definition) is 2. The van der Waals surface area contributed by atoms with Crippen LogP contribution >= 0.6 is 15.9 Å². The summed E-state index contributed by atoms with van der Waals surface area (Å²) in [6.07, 6.45) is 0.662. The zero-order valence-corrected chi connectivity index (χ0v) is 11.9. The zero-order valence-electron chi connectivity index (χ0n) is 10.3. The predicted molar refractivity (Wildman–Crippen MR) is 71.1 cm³/mol. The molecule has 1 aromatic rings. The van der Waals surface area contributed by atoms with Gasteiger partial charge >= 0.3 is 0 Å². The first kappa shape index (κ1) is 14.8. The molecule has 0 spiro atoms. The van der Waals surface area contributed by atoms with Crippen LogP contribution in [0, 0.1) is 11.7 Å². The van der Waals surface area contributed by atoms with E-state index < -0.39 is 12.0 Å². The normalized spacial score (nSPS) is 23.5. The largest absolute Gasteiger partial charge is 0.271 e. The second kappa shape index (κ2) is 5.81. The van der Waals surface area contributed by atoms with Crippen LogP contribution in [0.1, 0.15) is 37.3 Å². The lowest BCUT2D eigenvalue weighted by Gasteiger charge is -2.21. The molecule has 0 heterocycles. The molecule has 0 saturated heterocycles. The number of nitrogens with one attached hydrogen (secondary N) is 1. The van der Waals surface area contributed by atoms with Crippen LogP contribution in [0.3, 0.4) is 0 Å². The second-order valence-corrected chi connectivity index (χ2v) is 6.00. The topological polar surface area (TPSA) is 38.0 Å². The van der Waals surface area contributed by atoms with Crippen LogP contribution in [0.2, 0.25) is 0 Å². The van der Waals surface area contributed by atoms with Gasteiger partial charge < -0.3 is 0 Å². The number of alkyl halides is 2. The SMILES string of the molecule is NNC(CC1CCC(F)(F)C1)c1ccc(Br)cc1F. The quantitative estimate of drug-likeness (QED) is 0.646. The third-order valence-electron chi connectivity index (χ3n) is 3.61. The fraction of sp³-hybridized carbons (Fsp3) is 0.538. The maximum Gasteiger partial charge on any atom is 0.248 e. The third kappa shape index (κ3) is 3.70. The van der Waals surface area contributed by atoms with Gasteiger partial charge in [-0.3, -0.25) is 11.3 Å². The maximum atomic E-state index is 13.8. The summed E-state index contributed by atoms with van der Waals surface area (Å²) in [6, 6.07) is 4.25. The Morgan fingerprint density at radius 1 is 1.47 bits per heavy atom. The van der Waals surface area contributed by atoms with Crippen molar-refractivity contribution in [2.24, 2.45) is 11.8 Å². The van der Waals surface area contributed by atoms with Gasteiger partial charge in [-0.1, -0.05) is 22.0 Å². The fourth-order valence-electron chi connectivity index (χ4n) is 2.65. The molecular weight excluding hydrogens is 321 g/mol. The standard InChI is InChI=1S/C13H16BrF3N2/c14-9-1-2-10(11(15)6-9)12(19-18)5-8-3-4-13(16,17)7-8/h1-2,6,8,12,19H,3-5,7,18H2. The van der Waals surface area contributed by atoms with Crippen LogP contribution in [0.4, 0.5) is 13.2 Å². The van der Waals surface area contributed by atoms with E-state index in [4.69, 9.17) is 5.84 Å². The molecule has 6 heteroatoms. The van der Waals surface area contributed by atoms with Crippen LogP contribution in [-0.4, -0.2) is 5.92 Å².